The molecule has 0 spiro atoms. The van der Waals surface area contributed by atoms with Gasteiger partial charge in [0.2, 0.25) is 5.91 Å². The lowest BCUT2D eigenvalue weighted by atomic mass is 9.92. The number of amides is 3. The Morgan fingerprint density at radius 2 is 1.43 bits per heavy atom. The Hall–Kier alpha value is -4.33. The zero-order valence-corrected chi connectivity index (χ0v) is 27.0. The molecule has 0 aliphatic heterocycles. The summed E-state index contributed by atoms with van der Waals surface area (Å²) in [6.45, 7) is 15.1. The van der Waals surface area contributed by atoms with Gasteiger partial charge in [-0.2, -0.15) is 0 Å². The lowest BCUT2D eigenvalue weighted by Gasteiger charge is -2.36. The molecule has 3 N–H and O–H groups in total. The number of ether oxygens (including phenoxy) is 1. The number of phenols is 1. The van der Waals surface area contributed by atoms with Crippen LogP contribution >= 0.6 is 0 Å². The van der Waals surface area contributed by atoms with Crippen LogP contribution in [0.1, 0.15) is 73.5 Å². The lowest BCUT2D eigenvalue weighted by Crippen LogP contribution is -2.54. The van der Waals surface area contributed by atoms with Crippen molar-refractivity contribution in [2.45, 2.75) is 92.0 Å². The van der Waals surface area contributed by atoms with E-state index in [9.17, 15) is 19.5 Å². The van der Waals surface area contributed by atoms with E-state index in [4.69, 9.17) is 4.74 Å². The van der Waals surface area contributed by atoms with Crippen LogP contribution in [0.4, 0.5) is 10.5 Å². The van der Waals surface area contributed by atoms with Gasteiger partial charge in [0.25, 0.3) is 5.91 Å². The van der Waals surface area contributed by atoms with E-state index in [0.29, 0.717) is 0 Å². The van der Waals surface area contributed by atoms with Gasteiger partial charge in [-0.25, -0.2) is 4.79 Å². The first-order valence-electron chi connectivity index (χ1n) is 15.2. The largest absolute Gasteiger partial charge is 0.508 e. The van der Waals surface area contributed by atoms with Gasteiger partial charge in [-0.1, -0.05) is 55.5 Å². The number of aromatic hydroxyl groups is 1. The van der Waals surface area contributed by atoms with E-state index in [1.807, 2.05) is 64.1 Å². The quantitative estimate of drug-likeness (QED) is 0.254. The van der Waals surface area contributed by atoms with Crippen LogP contribution in [0.3, 0.4) is 0 Å². The molecule has 0 radical (unpaired) electrons. The number of benzene rings is 3. The van der Waals surface area contributed by atoms with E-state index in [0.717, 1.165) is 45.5 Å². The molecule has 1 aliphatic rings. The number of carbonyl (C=O) groups excluding carboxylic acids is 3. The zero-order chi connectivity index (χ0) is 32.3. The van der Waals surface area contributed by atoms with E-state index in [2.05, 4.69) is 17.6 Å². The van der Waals surface area contributed by atoms with Crippen molar-refractivity contribution >= 4 is 23.6 Å². The number of alkyl carbamates (subject to hydrolysis) is 1. The molecule has 4 rings (SSSR count). The second-order valence-corrected chi connectivity index (χ2v) is 13.1. The summed E-state index contributed by atoms with van der Waals surface area (Å²) in [6.07, 6.45) is 0.165. The highest BCUT2D eigenvalue weighted by molar-refractivity contribution is 6.00. The molecule has 4 atom stereocenters. The lowest BCUT2D eigenvalue weighted by molar-refractivity contribution is -0.141. The van der Waals surface area contributed by atoms with Crippen LogP contribution in [0.15, 0.2) is 60.7 Å². The maximum atomic E-state index is 14.8. The number of hydrogen-bond donors (Lipinski definition) is 3. The van der Waals surface area contributed by atoms with Gasteiger partial charge in [0.15, 0.2) is 0 Å². The van der Waals surface area contributed by atoms with Crippen LogP contribution < -0.4 is 10.6 Å². The topological polar surface area (TPSA) is 108 Å². The molecule has 0 heterocycles. The fourth-order valence-electron chi connectivity index (χ4n) is 5.73. The third kappa shape index (κ3) is 7.78. The van der Waals surface area contributed by atoms with Crippen LogP contribution in [-0.4, -0.2) is 45.6 Å². The minimum absolute atomic E-state index is 0.100. The molecule has 234 valence electrons. The minimum Gasteiger partial charge on any atom is -0.508 e. The molecule has 44 heavy (non-hydrogen) atoms. The highest BCUT2D eigenvalue weighted by atomic mass is 16.6. The summed E-state index contributed by atoms with van der Waals surface area (Å²) in [7, 11) is 0. The molecular weight excluding hydrogens is 554 g/mol. The Morgan fingerprint density at radius 1 is 0.909 bits per heavy atom. The van der Waals surface area contributed by atoms with Gasteiger partial charge in [-0.15, -0.1) is 0 Å². The Kier molecular flexibility index (Phi) is 9.72. The van der Waals surface area contributed by atoms with E-state index >= 15 is 0 Å². The molecule has 8 nitrogen and oxygen atoms in total. The van der Waals surface area contributed by atoms with Crippen LogP contribution in [0.5, 0.6) is 5.75 Å². The first kappa shape index (κ1) is 32.6. The molecule has 3 amide bonds. The molecule has 1 aliphatic carbocycles. The maximum absolute atomic E-state index is 14.8. The zero-order valence-electron chi connectivity index (χ0n) is 27.0. The van der Waals surface area contributed by atoms with Crippen molar-refractivity contribution in [3.8, 4) is 5.75 Å². The average Bonchev–Trinajstić information content (AvgIpc) is 3.65. The standard InChI is InChI=1S/C36H45N3O5/c1-21-11-9-12-22(2)30(21)32(33(41)38-31-23(3)13-10-14-24(31)4)39(29-19-25(29)5)34(42)28(37-35(43)44-36(6,7)8)20-26-15-17-27(40)18-16-26/h9-18,25,28-29,32,40H,19-20H2,1-8H3,(H,37,43)(H,38,41). The molecule has 0 saturated heterocycles. The number of carbonyl (C=O) groups is 3. The summed E-state index contributed by atoms with van der Waals surface area (Å²) >= 11 is 0. The fraction of sp³-hybridized carbons (Fsp3) is 0.417. The van der Waals surface area contributed by atoms with E-state index < -0.39 is 23.8 Å². The summed E-state index contributed by atoms with van der Waals surface area (Å²) in [4.78, 5) is 44.0. The van der Waals surface area contributed by atoms with Crippen molar-refractivity contribution in [1.29, 1.82) is 0 Å². The number of nitrogens with one attached hydrogen (secondary N) is 2. The smallest absolute Gasteiger partial charge is 0.408 e. The fourth-order valence-corrected chi connectivity index (χ4v) is 5.73. The highest BCUT2D eigenvalue weighted by Gasteiger charge is 2.49. The van der Waals surface area contributed by atoms with Gasteiger partial charge >= 0.3 is 6.09 Å². The monoisotopic (exact) mass is 599 g/mol. The second kappa shape index (κ2) is 13.1. The van der Waals surface area contributed by atoms with Crippen LogP contribution in [0.25, 0.3) is 0 Å². The predicted octanol–water partition coefficient (Wildman–Crippen LogP) is 6.68. The summed E-state index contributed by atoms with van der Waals surface area (Å²) in [5, 5.41) is 15.8. The number of nitrogens with zero attached hydrogens (tertiary/aromatic N) is 1. The predicted molar refractivity (Wildman–Crippen MR) is 173 cm³/mol. The summed E-state index contributed by atoms with van der Waals surface area (Å²) in [6, 6.07) is 16.0. The SMILES string of the molecule is Cc1cccc(C)c1NC(=O)C(c1c(C)cccc1C)N(C(=O)C(Cc1ccc(O)cc1)NC(=O)OC(C)(C)C)C1CC1C. The van der Waals surface area contributed by atoms with Gasteiger partial charge in [-0.05, 0) is 106 Å². The number of rotatable bonds is 9. The van der Waals surface area contributed by atoms with Crippen molar-refractivity contribution in [3.05, 3.63) is 94.0 Å². The summed E-state index contributed by atoms with van der Waals surface area (Å²) in [5.74, 6) is -0.409. The normalized spacial score (nSPS) is 17.3. The Bertz CT molecular complexity index is 1490. The van der Waals surface area contributed by atoms with Gasteiger partial charge in [-0.3, -0.25) is 9.59 Å². The van der Waals surface area contributed by atoms with E-state index in [-0.39, 0.29) is 35.9 Å². The van der Waals surface area contributed by atoms with Crippen LogP contribution in [0, 0.1) is 33.6 Å². The van der Waals surface area contributed by atoms with Crippen molar-refractivity contribution < 1.29 is 24.2 Å². The number of anilines is 1. The molecule has 0 aromatic heterocycles. The second-order valence-electron chi connectivity index (χ2n) is 13.1. The average molecular weight is 600 g/mol. The third-order valence-electron chi connectivity index (χ3n) is 8.12. The summed E-state index contributed by atoms with van der Waals surface area (Å²) < 4.78 is 5.55. The van der Waals surface area contributed by atoms with Gasteiger partial charge in [0, 0.05) is 18.2 Å². The van der Waals surface area contributed by atoms with Crippen LogP contribution in [-0.2, 0) is 20.7 Å². The molecule has 0 bridgehead atoms. The molecule has 4 unspecified atom stereocenters. The Morgan fingerprint density at radius 3 is 1.93 bits per heavy atom. The van der Waals surface area contributed by atoms with Gasteiger partial charge in [0.05, 0.1) is 0 Å². The third-order valence-corrected chi connectivity index (χ3v) is 8.12. The van der Waals surface area contributed by atoms with Crippen molar-refractivity contribution in [2.24, 2.45) is 5.92 Å². The van der Waals surface area contributed by atoms with Crippen molar-refractivity contribution in [2.75, 3.05) is 5.32 Å². The number of para-hydroxylation sites is 1. The van der Waals surface area contributed by atoms with E-state index in [1.54, 1.807) is 49.9 Å². The van der Waals surface area contributed by atoms with Crippen molar-refractivity contribution in [1.82, 2.24) is 10.2 Å². The van der Waals surface area contributed by atoms with Crippen LogP contribution in [0.2, 0.25) is 0 Å². The first-order valence-corrected chi connectivity index (χ1v) is 15.2. The number of phenolic OH excluding ortho intramolecular Hbond substituents is 1. The molecule has 1 saturated carbocycles. The molecular formula is C36H45N3O5. The number of aryl methyl sites for hydroxylation is 4. The molecule has 8 heteroatoms. The van der Waals surface area contributed by atoms with Crippen molar-refractivity contribution in [3.63, 3.8) is 0 Å². The molecule has 3 aromatic rings. The highest BCUT2D eigenvalue weighted by Crippen LogP contribution is 2.42. The van der Waals surface area contributed by atoms with Gasteiger partial charge < -0.3 is 25.4 Å². The Balaban J connectivity index is 1.81. The Labute approximate surface area is 260 Å². The molecule has 1 fully saturated rings. The first-order chi connectivity index (χ1) is 20.7. The van der Waals surface area contributed by atoms with Gasteiger partial charge in [0.1, 0.15) is 23.4 Å². The number of hydrogen-bond acceptors (Lipinski definition) is 5. The maximum Gasteiger partial charge on any atom is 0.408 e. The summed E-state index contributed by atoms with van der Waals surface area (Å²) in [5.41, 5.74) is 5.10. The van der Waals surface area contributed by atoms with E-state index in [1.165, 1.54) is 0 Å². The molecule has 3 aromatic carbocycles. The minimum atomic E-state index is -1.03.